The number of anilines is 2. The van der Waals surface area contributed by atoms with Crippen molar-refractivity contribution in [1.82, 2.24) is 4.90 Å². The van der Waals surface area contributed by atoms with Gasteiger partial charge >= 0.3 is 0 Å². The summed E-state index contributed by atoms with van der Waals surface area (Å²) >= 11 is 0. The van der Waals surface area contributed by atoms with Crippen LogP contribution in [0.25, 0.3) is 0 Å². The number of aliphatic hydroxyl groups excluding tert-OH is 1. The molecule has 0 aromatic heterocycles. The first-order valence-electron chi connectivity index (χ1n) is 17.6. The Bertz CT molecular complexity index is 1760. The third-order valence-corrected chi connectivity index (χ3v) is 14.9. The average Bonchev–Trinajstić information content (AvgIpc) is 3.45. The molecule has 8 nitrogen and oxygen atoms in total. The van der Waals surface area contributed by atoms with E-state index in [1.807, 2.05) is 78.9 Å². The summed E-state index contributed by atoms with van der Waals surface area (Å²) in [6.07, 6.45) is 1.52. The van der Waals surface area contributed by atoms with Crippen LogP contribution in [0.15, 0.2) is 103 Å². The topological polar surface area (TPSA) is 88.5 Å². The largest absolute Gasteiger partial charge is 0.497 e. The highest BCUT2D eigenvalue weighted by atomic mass is 28.3. The zero-order valence-electron chi connectivity index (χ0n) is 29.5. The molecule has 2 amide bonds. The fourth-order valence-electron chi connectivity index (χ4n) is 7.91. The molecule has 0 aliphatic carbocycles. The Balaban J connectivity index is 1.23. The van der Waals surface area contributed by atoms with Crippen LogP contribution in [0.2, 0.25) is 18.6 Å². The number of rotatable bonds is 13. The molecule has 0 unspecified atom stereocenters. The molecule has 1 saturated heterocycles. The lowest BCUT2D eigenvalue weighted by atomic mass is 9.94. The minimum atomic E-state index is -2.18. The second kappa shape index (κ2) is 15.6. The maximum Gasteiger partial charge on any atom is 0.269 e. The molecular formula is C41H48N2O6Si. The third-order valence-electron chi connectivity index (χ3n) is 10.5. The maximum absolute atomic E-state index is 14.0. The third kappa shape index (κ3) is 7.65. The monoisotopic (exact) mass is 692 g/mol. The highest BCUT2D eigenvalue weighted by Gasteiger charge is 2.51. The van der Waals surface area contributed by atoms with Gasteiger partial charge in [-0.3, -0.25) is 14.5 Å². The van der Waals surface area contributed by atoms with E-state index < -0.39 is 8.07 Å². The van der Waals surface area contributed by atoms with E-state index in [0.29, 0.717) is 12.3 Å². The highest BCUT2D eigenvalue weighted by molar-refractivity contribution is 6.91. The Kier molecular flexibility index (Phi) is 11.1. The number of carbonyl (C=O) groups is 2. The van der Waals surface area contributed by atoms with Crippen LogP contribution in [-0.4, -0.2) is 69.0 Å². The number of aryl methyl sites for hydroxylation is 1. The molecule has 2 aliphatic rings. The van der Waals surface area contributed by atoms with Crippen LogP contribution in [0.3, 0.4) is 0 Å². The van der Waals surface area contributed by atoms with E-state index in [-0.39, 0.29) is 61.7 Å². The number of benzene rings is 4. The molecule has 0 bridgehead atoms. The van der Waals surface area contributed by atoms with Crippen LogP contribution in [0.5, 0.6) is 11.5 Å². The molecule has 6 rings (SSSR count). The van der Waals surface area contributed by atoms with Crippen molar-refractivity contribution in [3.05, 3.63) is 114 Å². The number of para-hydroxylation sites is 2. The van der Waals surface area contributed by atoms with Gasteiger partial charge in [0.05, 0.1) is 46.1 Å². The second-order valence-corrected chi connectivity index (χ2v) is 18.7. The van der Waals surface area contributed by atoms with Crippen LogP contribution < -0.4 is 19.6 Å². The van der Waals surface area contributed by atoms with Crippen LogP contribution in [0, 0.1) is 5.92 Å². The SMILES string of the molecule is COc1ccc([Si](C)(C)[C@@H]2[C@@H](C)[C@@H](CCc3cccc(N4C(=O)COc5ccccc54)c3)O[C@H]2CC(=O)N(CCO)Cc2ccccc2)cc1. The molecule has 50 heavy (non-hydrogen) atoms. The summed E-state index contributed by atoms with van der Waals surface area (Å²) in [6, 6.07) is 34.1. The number of methoxy groups -OCH3 is 1. The van der Waals surface area contributed by atoms with Crippen molar-refractivity contribution in [2.45, 2.75) is 63.6 Å². The van der Waals surface area contributed by atoms with Gasteiger partial charge in [0.1, 0.15) is 11.5 Å². The van der Waals surface area contributed by atoms with Crippen molar-refractivity contribution in [3.63, 3.8) is 0 Å². The van der Waals surface area contributed by atoms with Gasteiger partial charge in [0.25, 0.3) is 5.91 Å². The van der Waals surface area contributed by atoms with Crippen LogP contribution >= 0.6 is 0 Å². The summed E-state index contributed by atoms with van der Waals surface area (Å²) in [5.74, 6) is 1.63. The number of carbonyl (C=O) groups excluding carboxylic acids is 2. The fraction of sp³-hybridized carbons (Fsp3) is 0.366. The molecule has 1 fully saturated rings. The van der Waals surface area contributed by atoms with Crippen molar-refractivity contribution >= 4 is 36.4 Å². The molecular weight excluding hydrogens is 645 g/mol. The summed E-state index contributed by atoms with van der Waals surface area (Å²) < 4.78 is 18.1. The van der Waals surface area contributed by atoms with Crippen molar-refractivity contribution in [2.24, 2.45) is 5.92 Å². The van der Waals surface area contributed by atoms with Gasteiger partial charge in [-0.1, -0.05) is 91.9 Å². The lowest BCUT2D eigenvalue weighted by molar-refractivity contribution is -0.135. The minimum Gasteiger partial charge on any atom is -0.497 e. The summed E-state index contributed by atoms with van der Waals surface area (Å²) in [4.78, 5) is 30.5. The van der Waals surface area contributed by atoms with E-state index >= 15 is 0 Å². The molecule has 0 spiro atoms. The molecule has 2 heterocycles. The first-order chi connectivity index (χ1) is 24.2. The van der Waals surface area contributed by atoms with Gasteiger partial charge < -0.3 is 24.2 Å². The van der Waals surface area contributed by atoms with Gasteiger partial charge in [-0.2, -0.15) is 0 Å². The number of amides is 2. The van der Waals surface area contributed by atoms with Gasteiger partial charge in [-0.05, 0) is 71.8 Å². The van der Waals surface area contributed by atoms with Gasteiger partial charge in [-0.15, -0.1) is 0 Å². The Hall–Kier alpha value is -4.44. The van der Waals surface area contributed by atoms with Gasteiger partial charge in [0.15, 0.2) is 6.61 Å². The number of nitrogens with zero attached hydrogens (tertiary/aromatic N) is 2. The van der Waals surface area contributed by atoms with E-state index in [2.05, 4.69) is 44.3 Å². The van der Waals surface area contributed by atoms with Crippen molar-refractivity contribution in [2.75, 3.05) is 31.8 Å². The number of ether oxygens (including phenoxy) is 3. The zero-order chi connectivity index (χ0) is 35.3. The molecule has 0 radical (unpaired) electrons. The van der Waals surface area contributed by atoms with Crippen molar-refractivity contribution in [3.8, 4) is 11.5 Å². The molecule has 0 saturated carbocycles. The molecule has 4 atom stereocenters. The van der Waals surface area contributed by atoms with Crippen molar-refractivity contribution in [1.29, 1.82) is 0 Å². The summed E-state index contributed by atoms with van der Waals surface area (Å²) in [5.41, 5.74) is 3.90. The van der Waals surface area contributed by atoms with Gasteiger partial charge in [0.2, 0.25) is 5.91 Å². The van der Waals surface area contributed by atoms with Crippen LogP contribution in [0.4, 0.5) is 11.4 Å². The summed E-state index contributed by atoms with van der Waals surface area (Å²) in [5, 5.41) is 11.2. The quantitative estimate of drug-likeness (QED) is 0.161. The molecule has 4 aromatic carbocycles. The Morgan fingerprint density at radius 1 is 0.940 bits per heavy atom. The molecule has 262 valence electrons. The fourth-order valence-corrected chi connectivity index (χ4v) is 12.0. The summed E-state index contributed by atoms with van der Waals surface area (Å²) in [6.45, 7) is 7.68. The standard InChI is InChI=1S/C41H48N2O6Si/c1-29-36(22-17-30-13-10-14-32(25-30)43-35-15-8-9-16-37(35)48-28-40(43)46)49-38(41(29)50(3,4)34-20-18-33(47-2)19-21-34)26-39(45)42(23-24-44)27-31-11-6-5-7-12-31/h5-16,18-21,25,29,36,38,41,44H,17,22-24,26-28H2,1-4H3/t29-,36+,38-,41+/m0/s1. The average molecular weight is 693 g/mol. The summed E-state index contributed by atoms with van der Waals surface area (Å²) in [7, 11) is -0.504. The molecule has 2 aliphatic heterocycles. The predicted molar refractivity (Wildman–Crippen MR) is 199 cm³/mol. The zero-order valence-corrected chi connectivity index (χ0v) is 30.5. The predicted octanol–water partition coefficient (Wildman–Crippen LogP) is 6.49. The Morgan fingerprint density at radius 2 is 1.66 bits per heavy atom. The first-order valence-corrected chi connectivity index (χ1v) is 20.6. The van der Waals surface area contributed by atoms with Crippen LogP contribution in [0.1, 0.15) is 30.9 Å². The van der Waals surface area contributed by atoms with Crippen LogP contribution in [-0.2, 0) is 27.3 Å². The molecule has 4 aromatic rings. The smallest absolute Gasteiger partial charge is 0.269 e. The highest BCUT2D eigenvalue weighted by Crippen LogP contribution is 2.47. The number of hydrogen-bond acceptors (Lipinski definition) is 6. The first kappa shape index (κ1) is 35.4. The lowest BCUT2D eigenvalue weighted by Crippen LogP contribution is -2.51. The Labute approximate surface area is 296 Å². The Morgan fingerprint density at radius 3 is 2.40 bits per heavy atom. The minimum absolute atomic E-state index is 0.00508. The maximum atomic E-state index is 14.0. The molecule has 9 heteroatoms. The second-order valence-electron chi connectivity index (χ2n) is 14.0. The number of fused-ring (bicyclic) bond motifs is 1. The van der Waals surface area contributed by atoms with E-state index in [0.717, 1.165) is 41.1 Å². The number of aliphatic hydroxyl groups is 1. The number of hydrogen-bond donors (Lipinski definition) is 1. The van der Waals surface area contributed by atoms with E-state index in [1.165, 1.54) is 5.19 Å². The normalized spacial score (nSPS) is 20.3. The van der Waals surface area contributed by atoms with E-state index in [9.17, 15) is 14.7 Å². The van der Waals surface area contributed by atoms with E-state index in [1.54, 1.807) is 16.9 Å². The molecule has 1 N–H and O–H groups in total. The van der Waals surface area contributed by atoms with Gasteiger partial charge in [-0.25, -0.2) is 0 Å². The van der Waals surface area contributed by atoms with E-state index in [4.69, 9.17) is 14.2 Å². The van der Waals surface area contributed by atoms with Crippen molar-refractivity contribution < 1.29 is 28.9 Å². The van der Waals surface area contributed by atoms with Gasteiger partial charge in [0, 0.05) is 18.8 Å². The lowest BCUT2D eigenvalue weighted by Gasteiger charge is -2.36.